The van der Waals surface area contributed by atoms with Crippen LogP contribution in [0.5, 0.6) is 0 Å². The van der Waals surface area contributed by atoms with E-state index in [-0.39, 0.29) is 5.97 Å². The Hall–Kier alpha value is -0.530. The third-order valence-electron chi connectivity index (χ3n) is 5.50. The van der Waals surface area contributed by atoms with Gasteiger partial charge in [-0.05, 0) is 12.8 Å². The van der Waals surface area contributed by atoms with E-state index in [0.29, 0.717) is 13.0 Å². The van der Waals surface area contributed by atoms with Crippen molar-refractivity contribution in [3.63, 3.8) is 0 Å². The molecule has 0 fully saturated rings. The van der Waals surface area contributed by atoms with Gasteiger partial charge in [0.25, 0.3) is 0 Å². The van der Waals surface area contributed by atoms with Gasteiger partial charge in [-0.15, -0.1) is 0 Å². The van der Waals surface area contributed by atoms with Crippen LogP contribution in [0.1, 0.15) is 149 Å². The molecule has 162 valence electrons. The van der Waals surface area contributed by atoms with Crippen LogP contribution in [0, 0.1) is 0 Å². The molecule has 0 aromatic carbocycles. The molecular weight excluding hydrogens is 332 g/mol. The van der Waals surface area contributed by atoms with E-state index in [9.17, 15) is 4.79 Å². The van der Waals surface area contributed by atoms with Crippen molar-refractivity contribution < 1.29 is 9.53 Å². The van der Waals surface area contributed by atoms with Crippen molar-refractivity contribution in [2.75, 3.05) is 6.61 Å². The van der Waals surface area contributed by atoms with E-state index in [1.807, 2.05) is 0 Å². The fourth-order valence-corrected chi connectivity index (χ4v) is 3.60. The standard InChI is InChI=1S/C25H50O2/c1-3-5-7-8-9-10-11-12-13-14-15-16-17-18-19-20-21-23-25(26)27-24-22-6-4-2/h3-24H2,1-2H3. The topological polar surface area (TPSA) is 26.3 Å². The van der Waals surface area contributed by atoms with Crippen LogP contribution in [0.25, 0.3) is 0 Å². The Labute approximate surface area is 171 Å². The molecule has 0 saturated heterocycles. The summed E-state index contributed by atoms with van der Waals surface area (Å²) in [4.78, 5) is 11.5. The third-order valence-corrected chi connectivity index (χ3v) is 5.50. The SMILES string of the molecule is CCCCCCCCCCCCCCCCCCCC(=O)OCCCCC. The van der Waals surface area contributed by atoms with E-state index < -0.39 is 0 Å². The molecule has 0 aliphatic heterocycles. The van der Waals surface area contributed by atoms with Crippen molar-refractivity contribution in [3.8, 4) is 0 Å². The summed E-state index contributed by atoms with van der Waals surface area (Å²) in [7, 11) is 0. The molecule has 0 bridgehead atoms. The molecule has 0 aliphatic rings. The van der Waals surface area contributed by atoms with Crippen LogP contribution >= 0.6 is 0 Å². The smallest absolute Gasteiger partial charge is 0.305 e. The Morgan fingerprint density at radius 1 is 0.481 bits per heavy atom. The molecule has 0 atom stereocenters. The highest BCUT2D eigenvalue weighted by molar-refractivity contribution is 5.69. The quantitative estimate of drug-likeness (QED) is 0.138. The minimum atomic E-state index is 0.00654. The Bertz CT molecular complexity index is 288. The summed E-state index contributed by atoms with van der Waals surface area (Å²) in [5, 5.41) is 0. The maximum absolute atomic E-state index is 11.5. The van der Waals surface area contributed by atoms with E-state index in [4.69, 9.17) is 4.74 Å². The van der Waals surface area contributed by atoms with Gasteiger partial charge in [0.1, 0.15) is 0 Å². The van der Waals surface area contributed by atoms with E-state index in [1.165, 1.54) is 109 Å². The predicted octanol–water partition coefficient (Wildman–Crippen LogP) is 8.76. The molecule has 2 heteroatoms. The Kier molecular flexibility index (Phi) is 23.0. The molecule has 0 unspecified atom stereocenters. The monoisotopic (exact) mass is 382 g/mol. The van der Waals surface area contributed by atoms with Gasteiger partial charge < -0.3 is 4.74 Å². The number of carbonyl (C=O) groups is 1. The van der Waals surface area contributed by atoms with E-state index in [0.717, 1.165) is 19.3 Å². The predicted molar refractivity (Wildman–Crippen MR) is 119 cm³/mol. The lowest BCUT2D eigenvalue weighted by molar-refractivity contribution is -0.143. The highest BCUT2D eigenvalue weighted by Gasteiger charge is 2.02. The van der Waals surface area contributed by atoms with Gasteiger partial charge in [-0.3, -0.25) is 4.79 Å². The number of esters is 1. The Morgan fingerprint density at radius 3 is 1.22 bits per heavy atom. The van der Waals surface area contributed by atoms with Crippen LogP contribution in [-0.4, -0.2) is 12.6 Å². The highest BCUT2D eigenvalue weighted by Crippen LogP contribution is 2.14. The fourth-order valence-electron chi connectivity index (χ4n) is 3.60. The maximum atomic E-state index is 11.5. The Morgan fingerprint density at radius 2 is 0.815 bits per heavy atom. The zero-order chi connectivity index (χ0) is 19.8. The second-order valence-corrected chi connectivity index (χ2v) is 8.33. The van der Waals surface area contributed by atoms with Gasteiger partial charge in [-0.25, -0.2) is 0 Å². The van der Waals surface area contributed by atoms with Crippen LogP contribution in [0.2, 0.25) is 0 Å². The molecule has 0 aromatic rings. The van der Waals surface area contributed by atoms with Crippen LogP contribution in [-0.2, 0) is 9.53 Å². The molecule has 0 saturated carbocycles. The molecule has 27 heavy (non-hydrogen) atoms. The minimum absolute atomic E-state index is 0.00654. The lowest BCUT2D eigenvalue weighted by atomic mass is 10.0. The summed E-state index contributed by atoms with van der Waals surface area (Å²) < 4.78 is 5.23. The van der Waals surface area contributed by atoms with Crippen molar-refractivity contribution in [2.24, 2.45) is 0 Å². The molecule has 0 radical (unpaired) electrons. The Balaban J connectivity index is 3.07. The molecular formula is C25H50O2. The third kappa shape index (κ3) is 23.4. The normalized spacial score (nSPS) is 11.0. The number of hydrogen-bond acceptors (Lipinski definition) is 2. The summed E-state index contributed by atoms with van der Waals surface area (Å²) >= 11 is 0. The summed E-state index contributed by atoms with van der Waals surface area (Å²) in [5.41, 5.74) is 0. The molecule has 2 nitrogen and oxygen atoms in total. The van der Waals surface area contributed by atoms with Crippen LogP contribution in [0.4, 0.5) is 0 Å². The lowest BCUT2D eigenvalue weighted by Gasteiger charge is -2.05. The maximum Gasteiger partial charge on any atom is 0.305 e. The fraction of sp³-hybridized carbons (Fsp3) is 0.960. The molecule has 0 heterocycles. The second kappa shape index (κ2) is 23.5. The van der Waals surface area contributed by atoms with Crippen LogP contribution in [0.3, 0.4) is 0 Å². The molecule has 0 aliphatic carbocycles. The average Bonchev–Trinajstić information content (AvgIpc) is 2.67. The first kappa shape index (κ1) is 26.5. The van der Waals surface area contributed by atoms with Gasteiger partial charge in [-0.2, -0.15) is 0 Å². The van der Waals surface area contributed by atoms with Crippen molar-refractivity contribution in [3.05, 3.63) is 0 Å². The summed E-state index contributed by atoms with van der Waals surface area (Å²) in [6, 6.07) is 0. The number of unbranched alkanes of at least 4 members (excludes halogenated alkanes) is 18. The van der Waals surface area contributed by atoms with Crippen molar-refractivity contribution in [1.29, 1.82) is 0 Å². The van der Waals surface area contributed by atoms with Gasteiger partial charge in [0, 0.05) is 6.42 Å². The molecule has 0 N–H and O–H groups in total. The number of hydrogen-bond donors (Lipinski definition) is 0. The first-order valence-corrected chi connectivity index (χ1v) is 12.5. The molecule has 0 spiro atoms. The molecule has 0 rings (SSSR count). The first-order chi connectivity index (χ1) is 13.3. The van der Waals surface area contributed by atoms with Crippen LogP contribution < -0.4 is 0 Å². The van der Waals surface area contributed by atoms with Gasteiger partial charge in [0.05, 0.1) is 6.61 Å². The van der Waals surface area contributed by atoms with E-state index in [2.05, 4.69) is 13.8 Å². The van der Waals surface area contributed by atoms with Gasteiger partial charge in [0.2, 0.25) is 0 Å². The first-order valence-electron chi connectivity index (χ1n) is 12.5. The van der Waals surface area contributed by atoms with Crippen molar-refractivity contribution in [2.45, 2.75) is 149 Å². The summed E-state index contributed by atoms with van der Waals surface area (Å²) in [6.45, 7) is 5.07. The van der Waals surface area contributed by atoms with Crippen molar-refractivity contribution >= 4 is 5.97 Å². The van der Waals surface area contributed by atoms with Crippen LogP contribution in [0.15, 0.2) is 0 Å². The largest absolute Gasteiger partial charge is 0.466 e. The number of carbonyl (C=O) groups excluding carboxylic acids is 1. The lowest BCUT2D eigenvalue weighted by Crippen LogP contribution is -2.05. The minimum Gasteiger partial charge on any atom is -0.466 e. The zero-order valence-electron chi connectivity index (χ0n) is 18.9. The van der Waals surface area contributed by atoms with Gasteiger partial charge >= 0.3 is 5.97 Å². The number of ether oxygens (including phenoxy) is 1. The average molecular weight is 383 g/mol. The van der Waals surface area contributed by atoms with Gasteiger partial charge in [-0.1, -0.05) is 129 Å². The van der Waals surface area contributed by atoms with E-state index in [1.54, 1.807) is 0 Å². The molecule has 0 aromatic heterocycles. The second-order valence-electron chi connectivity index (χ2n) is 8.33. The summed E-state index contributed by atoms with van der Waals surface area (Å²) in [5.74, 6) is 0.00654. The highest BCUT2D eigenvalue weighted by atomic mass is 16.5. The summed E-state index contributed by atoms with van der Waals surface area (Å²) in [6.07, 6.45) is 27.3. The van der Waals surface area contributed by atoms with Crippen molar-refractivity contribution in [1.82, 2.24) is 0 Å². The van der Waals surface area contributed by atoms with Gasteiger partial charge in [0.15, 0.2) is 0 Å². The number of rotatable bonds is 22. The zero-order valence-corrected chi connectivity index (χ0v) is 18.9. The van der Waals surface area contributed by atoms with E-state index >= 15 is 0 Å². The molecule has 0 amide bonds.